The van der Waals surface area contributed by atoms with Crippen molar-refractivity contribution in [3.05, 3.63) is 28.3 Å². The number of methoxy groups -OCH3 is 2. The van der Waals surface area contributed by atoms with Gasteiger partial charge in [-0.2, -0.15) is 0 Å². The molecule has 0 bridgehead atoms. The van der Waals surface area contributed by atoms with Crippen molar-refractivity contribution < 1.29 is 23.9 Å². The topological polar surface area (TPSA) is 114 Å². The van der Waals surface area contributed by atoms with Gasteiger partial charge in [0.15, 0.2) is 11.5 Å². The molecule has 0 heterocycles. The molecule has 8 heteroatoms. The Balaban J connectivity index is 2.64. The highest BCUT2D eigenvalue weighted by Gasteiger charge is 2.15. The number of benzene rings is 1. The second-order valence-electron chi connectivity index (χ2n) is 3.86. The fraction of sp³-hybridized carbons (Fsp3) is 0.417. The monoisotopic (exact) mass is 284 g/mol. The van der Waals surface area contributed by atoms with Gasteiger partial charge in [-0.3, -0.25) is 14.9 Å². The first-order valence-electron chi connectivity index (χ1n) is 5.78. The number of hydrogen-bond acceptors (Lipinski definition) is 7. The highest BCUT2D eigenvalue weighted by Crippen LogP contribution is 2.31. The van der Waals surface area contributed by atoms with E-state index in [9.17, 15) is 14.9 Å². The predicted octanol–water partition coefficient (Wildman–Crippen LogP) is 0.873. The summed E-state index contributed by atoms with van der Waals surface area (Å²) < 4.78 is 14.9. The number of carbonyl (C=O) groups excluding carboxylic acids is 1. The molecule has 0 fully saturated rings. The summed E-state index contributed by atoms with van der Waals surface area (Å²) in [5.74, 6) is 0.0604. The molecule has 1 atom stereocenters. The Morgan fingerprint density at radius 2 is 2.10 bits per heavy atom. The molecule has 20 heavy (non-hydrogen) atoms. The van der Waals surface area contributed by atoms with E-state index in [0.29, 0.717) is 5.75 Å². The van der Waals surface area contributed by atoms with Gasteiger partial charge >= 0.3 is 5.97 Å². The lowest BCUT2D eigenvalue weighted by molar-refractivity contribution is -0.385. The molecule has 0 aromatic heterocycles. The molecule has 0 aliphatic heterocycles. The number of nitro benzene ring substituents is 1. The summed E-state index contributed by atoms with van der Waals surface area (Å²) in [5.41, 5.74) is 5.45. The molecule has 0 saturated carbocycles. The molecule has 0 spiro atoms. The molecule has 1 aromatic rings. The number of ether oxygens (including phenoxy) is 3. The molecule has 0 amide bonds. The van der Waals surface area contributed by atoms with Crippen LogP contribution in [0.5, 0.6) is 11.5 Å². The molecule has 0 saturated heterocycles. The van der Waals surface area contributed by atoms with E-state index in [4.69, 9.17) is 15.2 Å². The van der Waals surface area contributed by atoms with E-state index in [1.807, 2.05) is 0 Å². The van der Waals surface area contributed by atoms with E-state index in [0.717, 1.165) is 0 Å². The summed E-state index contributed by atoms with van der Waals surface area (Å²) in [6.07, 6.45) is 0.257. The highest BCUT2D eigenvalue weighted by atomic mass is 16.6. The number of nitrogens with two attached hydrogens (primary N) is 1. The van der Waals surface area contributed by atoms with E-state index in [-0.39, 0.29) is 24.5 Å². The van der Waals surface area contributed by atoms with Gasteiger partial charge in [0.2, 0.25) is 0 Å². The van der Waals surface area contributed by atoms with Gasteiger partial charge in [0.25, 0.3) is 5.69 Å². The minimum Gasteiger partial charge on any atom is -0.493 e. The number of hydrogen-bond donors (Lipinski definition) is 1. The normalized spacial score (nSPS) is 11.6. The summed E-state index contributed by atoms with van der Waals surface area (Å²) in [7, 11) is 2.63. The van der Waals surface area contributed by atoms with Crippen LogP contribution in [-0.4, -0.2) is 37.8 Å². The standard InChI is InChI=1S/C12H16N2O6/c1-18-11-7-8(14(16)17)3-4-10(11)20-6-5-9(13)12(15)19-2/h3-4,7,9H,5-6,13H2,1-2H3. The lowest BCUT2D eigenvalue weighted by Crippen LogP contribution is -2.33. The number of carbonyl (C=O) groups is 1. The maximum Gasteiger partial charge on any atom is 0.322 e. The second kappa shape index (κ2) is 7.29. The zero-order chi connectivity index (χ0) is 15.1. The van der Waals surface area contributed by atoms with Crippen LogP contribution in [0.25, 0.3) is 0 Å². The van der Waals surface area contributed by atoms with E-state index in [2.05, 4.69) is 4.74 Å². The van der Waals surface area contributed by atoms with Gasteiger partial charge in [-0.25, -0.2) is 0 Å². The summed E-state index contributed by atoms with van der Waals surface area (Å²) >= 11 is 0. The Morgan fingerprint density at radius 3 is 2.65 bits per heavy atom. The van der Waals surface area contributed by atoms with Crippen LogP contribution in [-0.2, 0) is 9.53 Å². The quantitative estimate of drug-likeness (QED) is 0.449. The van der Waals surface area contributed by atoms with Crippen molar-refractivity contribution in [1.82, 2.24) is 0 Å². The van der Waals surface area contributed by atoms with Crippen LogP contribution in [0.1, 0.15) is 6.42 Å². The summed E-state index contributed by atoms with van der Waals surface area (Å²) in [5, 5.41) is 10.6. The third-order valence-electron chi connectivity index (χ3n) is 2.55. The Bertz CT molecular complexity index is 491. The van der Waals surface area contributed by atoms with Gasteiger partial charge in [0, 0.05) is 12.5 Å². The first-order valence-corrected chi connectivity index (χ1v) is 5.78. The van der Waals surface area contributed by atoms with Crippen molar-refractivity contribution in [1.29, 1.82) is 0 Å². The average Bonchev–Trinajstić information content (AvgIpc) is 2.46. The van der Waals surface area contributed by atoms with Gasteiger partial charge in [-0.05, 0) is 6.07 Å². The Kier molecular flexibility index (Phi) is 5.73. The van der Waals surface area contributed by atoms with Crippen molar-refractivity contribution in [2.45, 2.75) is 12.5 Å². The first kappa shape index (κ1) is 15.7. The minimum absolute atomic E-state index is 0.0968. The number of nitro groups is 1. The second-order valence-corrected chi connectivity index (χ2v) is 3.86. The van der Waals surface area contributed by atoms with Gasteiger partial charge in [0.05, 0.1) is 31.8 Å². The number of esters is 1. The van der Waals surface area contributed by atoms with Crippen molar-refractivity contribution in [2.75, 3.05) is 20.8 Å². The molecule has 0 aliphatic rings. The van der Waals surface area contributed by atoms with Crippen molar-refractivity contribution in [2.24, 2.45) is 5.73 Å². The van der Waals surface area contributed by atoms with Gasteiger partial charge in [0.1, 0.15) is 6.04 Å². The van der Waals surface area contributed by atoms with Crippen LogP contribution in [0, 0.1) is 10.1 Å². The van der Waals surface area contributed by atoms with Crippen molar-refractivity contribution >= 4 is 11.7 Å². The fourth-order valence-electron chi connectivity index (χ4n) is 1.45. The molecule has 1 rings (SSSR count). The number of nitrogens with zero attached hydrogens (tertiary/aromatic N) is 1. The highest BCUT2D eigenvalue weighted by molar-refractivity contribution is 5.75. The minimum atomic E-state index is -0.774. The van der Waals surface area contributed by atoms with Gasteiger partial charge in [-0.1, -0.05) is 0 Å². The zero-order valence-electron chi connectivity index (χ0n) is 11.2. The van der Waals surface area contributed by atoms with Gasteiger partial charge < -0.3 is 19.9 Å². The Hall–Kier alpha value is -2.35. The molecule has 1 aromatic carbocycles. The van der Waals surface area contributed by atoms with Crippen LogP contribution >= 0.6 is 0 Å². The predicted molar refractivity (Wildman–Crippen MR) is 69.8 cm³/mol. The third kappa shape index (κ3) is 4.09. The van der Waals surface area contributed by atoms with Crippen LogP contribution in [0.4, 0.5) is 5.69 Å². The SMILES string of the molecule is COC(=O)C(N)CCOc1ccc([N+](=O)[O-])cc1OC. The lowest BCUT2D eigenvalue weighted by atomic mass is 10.2. The third-order valence-corrected chi connectivity index (χ3v) is 2.55. The molecule has 0 radical (unpaired) electrons. The summed E-state index contributed by atoms with van der Waals surface area (Å²) in [6.45, 7) is 0.157. The molecular formula is C12H16N2O6. The molecule has 110 valence electrons. The van der Waals surface area contributed by atoms with E-state index in [1.165, 1.54) is 32.4 Å². The number of rotatable bonds is 7. The van der Waals surface area contributed by atoms with E-state index < -0.39 is 16.9 Å². The van der Waals surface area contributed by atoms with Crippen LogP contribution < -0.4 is 15.2 Å². The maximum absolute atomic E-state index is 11.1. The average molecular weight is 284 g/mol. The van der Waals surface area contributed by atoms with Crippen LogP contribution in [0.2, 0.25) is 0 Å². The molecule has 2 N–H and O–H groups in total. The van der Waals surface area contributed by atoms with Gasteiger partial charge in [-0.15, -0.1) is 0 Å². The summed E-state index contributed by atoms with van der Waals surface area (Å²) in [4.78, 5) is 21.2. The number of non-ortho nitro benzene ring substituents is 1. The fourth-order valence-corrected chi connectivity index (χ4v) is 1.45. The Labute approximate surface area is 115 Å². The molecule has 8 nitrogen and oxygen atoms in total. The first-order chi connectivity index (χ1) is 9.49. The molecular weight excluding hydrogens is 268 g/mol. The Morgan fingerprint density at radius 1 is 1.40 bits per heavy atom. The summed E-state index contributed by atoms with van der Waals surface area (Å²) in [6, 6.07) is 3.22. The van der Waals surface area contributed by atoms with E-state index >= 15 is 0 Å². The van der Waals surface area contributed by atoms with E-state index in [1.54, 1.807) is 0 Å². The maximum atomic E-state index is 11.1. The van der Waals surface area contributed by atoms with Crippen LogP contribution in [0.3, 0.4) is 0 Å². The zero-order valence-corrected chi connectivity index (χ0v) is 11.2. The molecule has 1 unspecified atom stereocenters. The van der Waals surface area contributed by atoms with Crippen LogP contribution in [0.15, 0.2) is 18.2 Å². The molecule has 0 aliphatic carbocycles. The lowest BCUT2D eigenvalue weighted by Gasteiger charge is -2.12. The van der Waals surface area contributed by atoms with Crippen molar-refractivity contribution in [3.63, 3.8) is 0 Å². The smallest absolute Gasteiger partial charge is 0.322 e. The largest absolute Gasteiger partial charge is 0.493 e. The van der Waals surface area contributed by atoms with Crippen molar-refractivity contribution in [3.8, 4) is 11.5 Å².